The first-order valence-electron chi connectivity index (χ1n) is 6.69. The van der Waals surface area contributed by atoms with Gasteiger partial charge in [-0.25, -0.2) is 0 Å². The summed E-state index contributed by atoms with van der Waals surface area (Å²) in [6, 6.07) is 5.75. The minimum atomic E-state index is -0.918. The van der Waals surface area contributed by atoms with Crippen molar-refractivity contribution in [2.24, 2.45) is 5.92 Å². The maximum absolute atomic E-state index is 12.0. The topological polar surface area (TPSA) is 86.3 Å². The second kappa shape index (κ2) is 5.05. The number of carbonyl (C=O) groups excluding carboxylic acids is 1. The molecule has 108 valence electrons. The van der Waals surface area contributed by atoms with Crippen LogP contribution in [0.5, 0.6) is 0 Å². The first-order valence-corrected chi connectivity index (χ1v) is 6.69. The van der Waals surface area contributed by atoms with E-state index in [0.717, 1.165) is 22.4 Å². The van der Waals surface area contributed by atoms with Crippen molar-refractivity contribution in [3.8, 4) is 11.1 Å². The number of anilines is 1. The zero-order valence-corrected chi connectivity index (χ0v) is 11.5. The third kappa shape index (κ3) is 2.40. The summed E-state index contributed by atoms with van der Waals surface area (Å²) in [5.74, 6) is -1.68. The summed E-state index contributed by atoms with van der Waals surface area (Å²) in [5, 5.41) is 15.7. The van der Waals surface area contributed by atoms with Crippen molar-refractivity contribution in [3.05, 3.63) is 36.2 Å². The first-order chi connectivity index (χ1) is 10.1. The number of H-pyrrole nitrogens is 1. The Morgan fingerprint density at radius 1 is 1.43 bits per heavy atom. The lowest BCUT2D eigenvalue weighted by molar-refractivity contribution is -0.141. The van der Waals surface area contributed by atoms with Gasteiger partial charge in [0.1, 0.15) is 0 Å². The molecule has 1 saturated heterocycles. The van der Waals surface area contributed by atoms with E-state index in [1.807, 2.05) is 25.1 Å². The molecular weight excluding hydrogens is 270 g/mol. The smallest absolute Gasteiger partial charge is 0.308 e. The molecule has 1 fully saturated rings. The van der Waals surface area contributed by atoms with Crippen molar-refractivity contribution in [2.45, 2.75) is 13.3 Å². The molecule has 21 heavy (non-hydrogen) atoms. The first kappa shape index (κ1) is 13.4. The second-order valence-corrected chi connectivity index (χ2v) is 5.23. The van der Waals surface area contributed by atoms with E-state index in [-0.39, 0.29) is 18.9 Å². The molecule has 6 heteroatoms. The number of hydrogen-bond acceptors (Lipinski definition) is 3. The van der Waals surface area contributed by atoms with E-state index in [9.17, 15) is 9.59 Å². The highest BCUT2D eigenvalue weighted by molar-refractivity contribution is 6.00. The van der Waals surface area contributed by atoms with Gasteiger partial charge in [0.15, 0.2) is 0 Å². The molecule has 0 bridgehead atoms. The van der Waals surface area contributed by atoms with Crippen LogP contribution in [0.15, 0.2) is 30.6 Å². The molecule has 6 nitrogen and oxygen atoms in total. The summed E-state index contributed by atoms with van der Waals surface area (Å²) in [5.41, 5.74) is 3.69. The number of carboxylic acid groups (broad SMARTS) is 1. The maximum Gasteiger partial charge on any atom is 0.308 e. The van der Waals surface area contributed by atoms with Crippen molar-refractivity contribution in [2.75, 3.05) is 11.4 Å². The lowest BCUT2D eigenvalue weighted by Gasteiger charge is -2.19. The number of nitrogens with one attached hydrogen (secondary N) is 1. The SMILES string of the molecule is Cc1cc(-c2cn[nH]c2)ccc1N1CC(C(=O)O)CC1=O. The summed E-state index contributed by atoms with van der Waals surface area (Å²) in [7, 11) is 0. The minimum absolute atomic E-state index is 0.0677. The number of amides is 1. The van der Waals surface area contributed by atoms with Gasteiger partial charge in [-0.1, -0.05) is 6.07 Å². The van der Waals surface area contributed by atoms with E-state index in [1.54, 1.807) is 17.3 Å². The highest BCUT2D eigenvalue weighted by Gasteiger charge is 2.35. The van der Waals surface area contributed by atoms with Crippen LogP contribution < -0.4 is 4.90 Å². The molecule has 1 amide bonds. The molecule has 1 aromatic carbocycles. The van der Waals surface area contributed by atoms with Crippen LogP contribution in [0, 0.1) is 12.8 Å². The van der Waals surface area contributed by atoms with Gasteiger partial charge in [0, 0.05) is 30.4 Å². The summed E-state index contributed by atoms with van der Waals surface area (Å²) >= 11 is 0. The molecule has 1 aliphatic rings. The predicted octanol–water partition coefficient (Wildman–Crippen LogP) is 1.82. The molecule has 1 unspecified atom stereocenters. The van der Waals surface area contributed by atoms with Gasteiger partial charge >= 0.3 is 5.97 Å². The fourth-order valence-corrected chi connectivity index (χ4v) is 2.65. The van der Waals surface area contributed by atoms with Gasteiger partial charge in [-0.3, -0.25) is 14.7 Å². The van der Waals surface area contributed by atoms with Crippen LogP contribution in [0.1, 0.15) is 12.0 Å². The van der Waals surface area contributed by atoms with Crippen LogP contribution in [0.4, 0.5) is 5.69 Å². The molecule has 3 rings (SSSR count). The zero-order valence-electron chi connectivity index (χ0n) is 11.5. The Kier molecular flexibility index (Phi) is 3.21. The number of nitrogens with zero attached hydrogens (tertiary/aromatic N) is 2. The molecule has 0 saturated carbocycles. The number of aryl methyl sites for hydroxylation is 1. The van der Waals surface area contributed by atoms with Crippen LogP contribution in [-0.2, 0) is 9.59 Å². The number of aliphatic carboxylic acids is 1. The third-order valence-corrected chi connectivity index (χ3v) is 3.79. The molecule has 0 aliphatic carbocycles. The van der Waals surface area contributed by atoms with Crippen molar-refractivity contribution in [1.29, 1.82) is 0 Å². The average Bonchev–Trinajstić information content (AvgIpc) is 3.08. The van der Waals surface area contributed by atoms with Gasteiger partial charge in [0.05, 0.1) is 12.1 Å². The lowest BCUT2D eigenvalue weighted by Crippen LogP contribution is -2.26. The van der Waals surface area contributed by atoms with Crippen LogP contribution in [0.2, 0.25) is 0 Å². The zero-order chi connectivity index (χ0) is 15.0. The van der Waals surface area contributed by atoms with Crippen LogP contribution >= 0.6 is 0 Å². The number of carbonyl (C=O) groups is 2. The van der Waals surface area contributed by atoms with E-state index < -0.39 is 11.9 Å². The molecule has 2 aromatic rings. The Labute approximate surface area is 121 Å². The van der Waals surface area contributed by atoms with Gasteiger partial charge in [-0.05, 0) is 30.2 Å². The van der Waals surface area contributed by atoms with Gasteiger partial charge in [-0.2, -0.15) is 5.10 Å². The highest BCUT2D eigenvalue weighted by atomic mass is 16.4. The Bertz CT molecular complexity index is 694. The van der Waals surface area contributed by atoms with Gasteiger partial charge in [0.2, 0.25) is 5.91 Å². The standard InChI is InChI=1S/C15H15N3O3/c1-9-4-10(12-6-16-17-7-12)2-3-13(9)18-8-11(15(20)21)5-14(18)19/h2-4,6-7,11H,5,8H2,1H3,(H,16,17)(H,20,21). The molecular formula is C15H15N3O3. The van der Waals surface area contributed by atoms with E-state index >= 15 is 0 Å². The summed E-state index contributed by atoms with van der Waals surface area (Å²) in [6.45, 7) is 2.15. The molecule has 0 spiro atoms. The van der Waals surface area contributed by atoms with E-state index in [1.165, 1.54) is 0 Å². The quantitative estimate of drug-likeness (QED) is 0.900. The summed E-state index contributed by atoms with van der Waals surface area (Å²) in [6.07, 6.45) is 3.60. The van der Waals surface area contributed by atoms with Crippen molar-refractivity contribution in [1.82, 2.24) is 10.2 Å². The average molecular weight is 285 g/mol. The minimum Gasteiger partial charge on any atom is -0.481 e. The number of carboxylic acids is 1. The van der Waals surface area contributed by atoms with E-state index in [0.29, 0.717) is 0 Å². The fourth-order valence-electron chi connectivity index (χ4n) is 2.65. The highest BCUT2D eigenvalue weighted by Crippen LogP contribution is 2.31. The van der Waals surface area contributed by atoms with Gasteiger partial charge in [0.25, 0.3) is 0 Å². The molecule has 2 heterocycles. The monoisotopic (exact) mass is 285 g/mol. The van der Waals surface area contributed by atoms with Crippen molar-refractivity contribution < 1.29 is 14.7 Å². The molecule has 1 atom stereocenters. The molecule has 0 radical (unpaired) electrons. The van der Waals surface area contributed by atoms with Gasteiger partial charge < -0.3 is 10.0 Å². The maximum atomic E-state index is 12.0. The van der Waals surface area contributed by atoms with Crippen LogP contribution in [0.25, 0.3) is 11.1 Å². The number of aromatic nitrogens is 2. The third-order valence-electron chi connectivity index (χ3n) is 3.79. The molecule has 1 aromatic heterocycles. The lowest BCUT2D eigenvalue weighted by atomic mass is 10.0. The Morgan fingerprint density at radius 2 is 2.24 bits per heavy atom. The van der Waals surface area contributed by atoms with Crippen molar-refractivity contribution in [3.63, 3.8) is 0 Å². The van der Waals surface area contributed by atoms with E-state index in [2.05, 4.69) is 10.2 Å². The van der Waals surface area contributed by atoms with Crippen LogP contribution in [0.3, 0.4) is 0 Å². The molecule has 1 aliphatic heterocycles. The predicted molar refractivity (Wildman–Crippen MR) is 76.9 cm³/mol. The largest absolute Gasteiger partial charge is 0.481 e. The number of aromatic amines is 1. The number of hydrogen-bond donors (Lipinski definition) is 2. The summed E-state index contributed by atoms with van der Waals surface area (Å²) < 4.78 is 0. The second-order valence-electron chi connectivity index (χ2n) is 5.23. The number of benzene rings is 1. The summed E-state index contributed by atoms with van der Waals surface area (Å²) in [4.78, 5) is 24.6. The van der Waals surface area contributed by atoms with Crippen molar-refractivity contribution >= 4 is 17.6 Å². The number of rotatable bonds is 3. The Morgan fingerprint density at radius 3 is 2.81 bits per heavy atom. The molecule has 2 N–H and O–H groups in total. The Hall–Kier alpha value is -2.63. The van der Waals surface area contributed by atoms with Gasteiger partial charge in [-0.15, -0.1) is 0 Å². The van der Waals surface area contributed by atoms with E-state index in [4.69, 9.17) is 5.11 Å². The normalized spacial score (nSPS) is 18.2. The van der Waals surface area contributed by atoms with Crippen LogP contribution in [-0.4, -0.2) is 33.7 Å². The fraction of sp³-hybridized carbons (Fsp3) is 0.267. The Balaban J connectivity index is 1.90.